The molecule has 19 heavy (non-hydrogen) atoms. The first-order valence-corrected chi connectivity index (χ1v) is 6.43. The van der Waals surface area contributed by atoms with Crippen molar-refractivity contribution >= 4 is 0 Å². The smallest absolute Gasteiger partial charge is 0.126 e. The van der Waals surface area contributed by atoms with Crippen LogP contribution in [0.1, 0.15) is 11.1 Å². The fourth-order valence-electron chi connectivity index (χ4n) is 2.52. The van der Waals surface area contributed by atoms with E-state index in [0.717, 1.165) is 24.2 Å². The van der Waals surface area contributed by atoms with E-state index in [1.54, 1.807) is 24.3 Å². The monoisotopic (exact) mass is 256 g/mol. The molecule has 0 aliphatic carbocycles. The fourth-order valence-corrected chi connectivity index (χ4v) is 2.52. The lowest BCUT2D eigenvalue weighted by Crippen LogP contribution is -2.22. The number of phenols is 2. The van der Waals surface area contributed by atoms with Gasteiger partial charge in [0.2, 0.25) is 0 Å². The summed E-state index contributed by atoms with van der Waals surface area (Å²) in [6, 6.07) is 12.6. The summed E-state index contributed by atoms with van der Waals surface area (Å²) in [5.74, 6) is 1.77. The van der Waals surface area contributed by atoms with Crippen LogP contribution in [0.4, 0.5) is 0 Å². The Morgan fingerprint density at radius 1 is 1.00 bits per heavy atom. The number of phenolic OH excluding ortho intramolecular Hbond substituents is 2. The molecule has 3 nitrogen and oxygen atoms in total. The van der Waals surface area contributed by atoms with Gasteiger partial charge in [-0.1, -0.05) is 18.2 Å². The molecule has 2 aromatic carbocycles. The maximum atomic E-state index is 9.41. The average Bonchev–Trinajstić information content (AvgIpc) is 2.42. The number of benzene rings is 2. The van der Waals surface area contributed by atoms with Crippen molar-refractivity contribution in [3.8, 4) is 17.2 Å². The van der Waals surface area contributed by atoms with Crippen LogP contribution in [0.15, 0.2) is 42.5 Å². The van der Waals surface area contributed by atoms with Crippen molar-refractivity contribution in [3.05, 3.63) is 53.6 Å². The zero-order valence-electron chi connectivity index (χ0n) is 10.5. The van der Waals surface area contributed by atoms with E-state index in [2.05, 4.69) is 0 Å². The van der Waals surface area contributed by atoms with Crippen LogP contribution in [0.25, 0.3) is 0 Å². The predicted molar refractivity (Wildman–Crippen MR) is 72.6 cm³/mol. The SMILES string of the molecule is Oc1ccc(CC2COc3cc(O)ccc3C2)cc1. The number of hydrogen-bond acceptors (Lipinski definition) is 3. The highest BCUT2D eigenvalue weighted by atomic mass is 16.5. The normalized spacial score (nSPS) is 17.6. The number of hydrogen-bond donors (Lipinski definition) is 2. The highest BCUT2D eigenvalue weighted by Gasteiger charge is 2.20. The summed E-state index contributed by atoms with van der Waals surface area (Å²) in [5, 5.41) is 18.7. The second-order valence-corrected chi connectivity index (χ2v) is 5.04. The molecule has 0 aromatic heterocycles. The van der Waals surface area contributed by atoms with Crippen LogP contribution >= 0.6 is 0 Å². The first kappa shape index (κ1) is 11.9. The Balaban J connectivity index is 1.72. The molecule has 2 N–H and O–H groups in total. The molecule has 1 atom stereocenters. The molecular formula is C16H16O3. The molecule has 98 valence electrons. The Bertz CT molecular complexity index is 575. The van der Waals surface area contributed by atoms with E-state index in [1.807, 2.05) is 18.2 Å². The van der Waals surface area contributed by atoms with Crippen LogP contribution in [0.2, 0.25) is 0 Å². The van der Waals surface area contributed by atoms with Gasteiger partial charge in [0.15, 0.2) is 0 Å². The molecule has 0 spiro atoms. The van der Waals surface area contributed by atoms with E-state index in [9.17, 15) is 10.2 Å². The minimum absolute atomic E-state index is 0.246. The predicted octanol–water partition coefficient (Wildman–Crippen LogP) is 2.89. The van der Waals surface area contributed by atoms with Gasteiger partial charge in [-0.3, -0.25) is 0 Å². The molecule has 0 radical (unpaired) electrons. The molecular weight excluding hydrogens is 240 g/mol. The van der Waals surface area contributed by atoms with Gasteiger partial charge < -0.3 is 14.9 Å². The van der Waals surface area contributed by atoms with Gasteiger partial charge in [-0.15, -0.1) is 0 Å². The van der Waals surface area contributed by atoms with Crippen molar-refractivity contribution in [1.29, 1.82) is 0 Å². The standard InChI is InChI=1S/C16H16O3/c17-14-4-1-11(2-5-14)7-12-8-13-3-6-15(18)9-16(13)19-10-12/h1-6,9,12,17-18H,7-8,10H2. The third kappa shape index (κ3) is 2.65. The molecule has 2 aromatic rings. The summed E-state index contributed by atoms with van der Waals surface area (Å²) >= 11 is 0. The average molecular weight is 256 g/mol. The Morgan fingerprint density at radius 2 is 1.74 bits per heavy atom. The third-order valence-electron chi connectivity index (χ3n) is 3.49. The molecule has 3 heteroatoms. The quantitative estimate of drug-likeness (QED) is 0.868. The summed E-state index contributed by atoms with van der Waals surface area (Å²) in [7, 11) is 0. The van der Waals surface area contributed by atoms with Crippen LogP contribution in [0.3, 0.4) is 0 Å². The first-order chi connectivity index (χ1) is 9.20. The second kappa shape index (κ2) is 4.84. The third-order valence-corrected chi connectivity index (χ3v) is 3.49. The lowest BCUT2D eigenvalue weighted by molar-refractivity contribution is 0.220. The van der Waals surface area contributed by atoms with E-state index < -0.39 is 0 Å². The van der Waals surface area contributed by atoms with Crippen LogP contribution in [0.5, 0.6) is 17.2 Å². The van der Waals surface area contributed by atoms with E-state index in [4.69, 9.17) is 4.74 Å². The van der Waals surface area contributed by atoms with Gasteiger partial charge in [-0.25, -0.2) is 0 Å². The number of aromatic hydroxyl groups is 2. The van der Waals surface area contributed by atoms with Gasteiger partial charge in [0.25, 0.3) is 0 Å². The molecule has 1 heterocycles. The van der Waals surface area contributed by atoms with E-state index in [1.165, 1.54) is 5.56 Å². The highest BCUT2D eigenvalue weighted by molar-refractivity contribution is 5.41. The van der Waals surface area contributed by atoms with Crippen molar-refractivity contribution in [2.45, 2.75) is 12.8 Å². The number of ether oxygens (including phenoxy) is 1. The zero-order valence-corrected chi connectivity index (χ0v) is 10.5. The maximum absolute atomic E-state index is 9.41. The topological polar surface area (TPSA) is 49.7 Å². The first-order valence-electron chi connectivity index (χ1n) is 6.43. The van der Waals surface area contributed by atoms with Crippen LogP contribution in [0, 0.1) is 5.92 Å². The lowest BCUT2D eigenvalue weighted by atomic mass is 9.91. The molecule has 0 amide bonds. The molecule has 0 saturated carbocycles. The Hall–Kier alpha value is -2.16. The molecule has 1 aliphatic heterocycles. The molecule has 3 rings (SSSR count). The Morgan fingerprint density at radius 3 is 2.53 bits per heavy atom. The van der Waals surface area contributed by atoms with Gasteiger partial charge >= 0.3 is 0 Å². The van der Waals surface area contributed by atoms with E-state index in [-0.39, 0.29) is 5.75 Å². The highest BCUT2D eigenvalue weighted by Crippen LogP contribution is 2.31. The molecule has 0 saturated heterocycles. The van der Waals surface area contributed by atoms with Crippen molar-refractivity contribution in [3.63, 3.8) is 0 Å². The van der Waals surface area contributed by atoms with Crippen LogP contribution in [-0.4, -0.2) is 16.8 Å². The molecule has 1 aliphatic rings. The minimum atomic E-state index is 0.246. The number of rotatable bonds is 2. The largest absolute Gasteiger partial charge is 0.508 e. The van der Waals surface area contributed by atoms with E-state index in [0.29, 0.717) is 18.3 Å². The summed E-state index contributed by atoms with van der Waals surface area (Å²) in [5.41, 5.74) is 2.35. The molecule has 0 fully saturated rings. The van der Waals surface area contributed by atoms with Crippen molar-refractivity contribution in [2.24, 2.45) is 5.92 Å². The molecule has 0 bridgehead atoms. The van der Waals surface area contributed by atoms with Gasteiger partial charge in [-0.2, -0.15) is 0 Å². The molecule has 1 unspecified atom stereocenters. The Kier molecular flexibility index (Phi) is 3.03. The fraction of sp³-hybridized carbons (Fsp3) is 0.250. The zero-order chi connectivity index (χ0) is 13.2. The summed E-state index contributed by atoms with van der Waals surface area (Å²) in [4.78, 5) is 0. The van der Waals surface area contributed by atoms with Gasteiger partial charge in [0.1, 0.15) is 17.2 Å². The number of fused-ring (bicyclic) bond motifs is 1. The van der Waals surface area contributed by atoms with Crippen molar-refractivity contribution < 1.29 is 14.9 Å². The van der Waals surface area contributed by atoms with E-state index >= 15 is 0 Å². The Labute approximate surface area is 112 Å². The maximum Gasteiger partial charge on any atom is 0.126 e. The summed E-state index contributed by atoms with van der Waals surface area (Å²) < 4.78 is 5.70. The van der Waals surface area contributed by atoms with Gasteiger partial charge in [0.05, 0.1) is 6.61 Å². The van der Waals surface area contributed by atoms with Crippen molar-refractivity contribution in [2.75, 3.05) is 6.61 Å². The van der Waals surface area contributed by atoms with Gasteiger partial charge in [-0.05, 0) is 42.2 Å². The summed E-state index contributed by atoms with van der Waals surface area (Å²) in [6.07, 6.45) is 1.89. The minimum Gasteiger partial charge on any atom is -0.508 e. The van der Waals surface area contributed by atoms with Gasteiger partial charge in [0, 0.05) is 12.0 Å². The van der Waals surface area contributed by atoms with Crippen molar-refractivity contribution in [1.82, 2.24) is 0 Å². The lowest BCUT2D eigenvalue weighted by Gasteiger charge is -2.25. The van der Waals surface area contributed by atoms with Crippen LogP contribution in [-0.2, 0) is 12.8 Å². The summed E-state index contributed by atoms with van der Waals surface area (Å²) in [6.45, 7) is 0.664. The van der Waals surface area contributed by atoms with Crippen LogP contribution < -0.4 is 4.74 Å². The second-order valence-electron chi connectivity index (χ2n) is 5.04.